The zero-order valence-electron chi connectivity index (χ0n) is 12.6. The van der Waals surface area contributed by atoms with E-state index in [0.29, 0.717) is 17.6 Å². The maximum Gasteiger partial charge on any atom is 0.238 e. The number of rotatable bonds is 6. The van der Waals surface area contributed by atoms with E-state index in [9.17, 15) is 4.79 Å². The molecule has 1 saturated heterocycles. The third-order valence-electron chi connectivity index (χ3n) is 3.77. The number of piperidine rings is 1. The number of halogens is 1. The quantitative estimate of drug-likeness (QED) is 0.849. The summed E-state index contributed by atoms with van der Waals surface area (Å²) < 4.78 is 0. The van der Waals surface area contributed by atoms with E-state index in [1.807, 2.05) is 12.1 Å². The van der Waals surface area contributed by atoms with Crippen molar-refractivity contribution in [2.24, 2.45) is 0 Å². The van der Waals surface area contributed by atoms with Crippen LogP contribution in [0.15, 0.2) is 24.3 Å². The van der Waals surface area contributed by atoms with Crippen molar-refractivity contribution in [2.75, 3.05) is 31.5 Å². The molecule has 1 aromatic carbocycles. The molecule has 1 unspecified atom stereocenters. The summed E-state index contributed by atoms with van der Waals surface area (Å²) >= 11 is 5.85. The van der Waals surface area contributed by atoms with Crippen LogP contribution in [0.2, 0.25) is 5.02 Å². The largest absolute Gasteiger partial charge is 0.325 e. The molecule has 0 saturated carbocycles. The van der Waals surface area contributed by atoms with Crippen molar-refractivity contribution in [1.82, 2.24) is 10.2 Å². The van der Waals surface area contributed by atoms with E-state index in [2.05, 4.69) is 22.5 Å². The first-order valence-corrected chi connectivity index (χ1v) is 8.07. The summed E-state index contributed by atoms with van der Waals surface area (Å²) in [5, 5.41) is 7.03. The summed E-state index contributed by atoms with van der Waals surface area (Å²) in [4.78, 5) is 14.5. The molecule has 0 radical (unpaired) electrons. The molecule has 0 aromatic heterocycles. The highest BCUT2D eigenvalue weighted by molar-refractivity contribution is 6.30. The summed E-state index contributed by atoms with van der Waals surface area (Å²) in [5.41, 5.74) is 0.794. The first-order chi connectivity index (χ1) is 10.2. The van der Waals surface area contributed by atoms with Crippen LogP contribution in [0.5, 0.6) is 0 Å². The van der Waals surface area contributed by atoms with E-state index in [1.165, 1.54) is 12.8 Å². The number of hydrogen-bond donors (Lipinski definition) is 2. The molecule has 0 bridgehead atoms. The Morgan fingerprint density at radius 3 is 2.81 bits per heavy atom. The number of anilines is 1. The minimum absolute atomic E-state index is 0.0383. The molecular weight excluding hydrogens is 286 g/mol. The lowest BCUT2D eigenvalue weighted by Crippen LogP contribution is -2.48. The third kappa shape index (κ3) is 5.30. The van der Waals surface area contributed by atoms with Gasteiger partial charge in [0, 0.05) is 23.3 Å². The number of hydrogen-bond acceptors (Lipinski definition) is 3. The molecule has 1 aliphatic heterocycles. The van der Waals surface area contributed by atoms with Gasteiger partial charge in [-0.3, -0.25) is 9.69 Å². The summed E-state index contributed by atoms with van der Waals surface area (Å²) in [6.45, 7) is 5.63. The Kier molecular flexibility index (Phi) is 6.49. The summed E-state index contributed by atoms with van der Waals surface area (Å²) in [5.74, 6) is 0.0383. The predicted octanol–water partition coefficient (Wildman–Crippen LogP) is 2.74. The summed E-state index contributed by atoms with van der Waals surface area (Å²) in [6.07, 6.45) is 3.41. The number of carbonyl (C=O) groups is 1. The van der Waals surface area contributed by atoms with Crippen LogP contribution < -0.4 is 10.6 Å². The van der Waals surface area contributed by atoms with Crippen molar-refractivity contribution in [1.29, 1.82) is 0 Å². The van der Waals surface area contributed by atoms with Crippen LogP contribution in [-0.2, 0) is 4.79 Å². The van der Waals surface area contributed by atoms with Crippen molar-refractivity contribution in [3.05, 3.63) is 29.3 Å². The zero-order chi connectivity index (χ0) is 15.1. The molecule has 1 aliphatic rings. The fraction of sp³-hybridized carbons (Fsp3) is 0.562. The number of carbonyl (C=O) groups excluding carboxylic acids is 1. The van der Waals surface area contributed by atoms with Gasteiger partial charge in [0.1, 0.15) is 0 Å². The van der Waals surface area contributed by atoms with Gasteiger partial charge in [-0.15, -0.1) is 0 Å². The lowest BCUT2D eigenvalue weighted by atomic mass is 10.1. The van der Waals surface area contributed by atoms with E-state index < -0.39 is 0 Å². The molecule has 2 rings (SSSR count). The van der Waals surface area contributed by atoms with Crippen molar-refractivity contribution < 1.29 is 4.79 Å². The Morgan fingerprint density at radius 1 is 1.43 bits per heavy atom. The molecule has 1 amide bonds. The van der Waals surface area contributed by atoms with Gasteiger partial charge < -0.3 is 10.6 Å². The Bertz CT molecular complexity index is 443. The van der Waals surface area contributed by atoms with Gasteiger partial charge in [0.2, 0.25) is 5.91 Å². The Balaban J connectivity index is 1.89. The molecule has 2 N–H and O–H groups in total. The molecule has 1 heterocycles. The van der Waals surface area contributed by atoms with Crippen LogP contribution in [-0.4, -0.2) is 43.0 Å². The number of amides is 1. The Hall–Kier alpha value is -1.10. The zero-order valence-corrected chi connectivity index (χ0v) is 13.3. The van der Waals surface area contributed by atoms with Gasteiger partial charge in [-0.05, 0) is 56.6 Å². The Morgan fingerprint density at radius 2 is 2.19 bits per heavy atom. The minimum atomic E-state index is 0.0383. The first kappa shape index (κ1) is 16.3. The monoisotopic (exact) mass is 309 g/mol. The highest BCUT2D eigenvalue weighted by atomic mass is 35.5. The van der Waals surface area contributed by atoms with Gasteiger partial charge >= 0.3 is 0 Å². The molecule has 116 valence electrons. The average molecular weight is 310 g/mol. The fourth-order valence-corrected chi connectivity index (χ4v) is 2.87. The summed E-state index contributed by atoms with van der Waals surface area (Å²) in [7, 11) is 0. The van der Waals surface area contributed by atoms with E-state index in [-0.39, 0.29) is 5.91 Å². The highest BCUT2D eigenvalue weighted by Gasteiger charge is 2.22. The van der Waals surface area contributed by atoms with Crippen molar-refractivity contribution in [3.63, 3.8) is 0 Å². The topological polar surface area (TPSA) is 44.4 Å². The van der Waals surface area contributed by atoms with Crippen LogP contribution >= 0.6 is 11.6 Å². The maximum absolute atomic E-state index is 12.2. The lowest BCUT2D eigenvalue weighted by Gasteiger charge is -2.34. The van der Waals surface area contributed by atoms with Crippen molar-refractivity contribution >= 4 is 23.2 Å². The number of nitrogens with zero attached hydrogens (tertiary/aromatic N) is 1. The third-order valence-corrected chi connectivity index (χ3v) is 4.02. The molecule has 21 heavy (non-hydrogen) atoms. The standard InChI is InChI=1S/C16H24ClN3O/c1-2-10-20(15-4-3-9-18-11-15)12-16(21)19-14-7-5-13(17)6-8-14/h5-8,15,18H,2-4,9-12H2,1H3,(H,19,21). The molecule has 1 atom stereocenters. The van der Waals surface area contributed by atoms with Crippen LogP contribution in [0.4, 0.5) is 5.69 Å². The SMILES string of the molecule is CCCN(CC(=O)Nc1ccc(Cl)cc1)C1CCCNC1. The second-order valence-electron chi connectivity index (χ2n) is 5.53. The van der Waals surface area contributed by atoms with Gasteiger partial charge in [0.25, 0.3) is 0 Å². The smallest absolute Gasteiger partial charge is 0.238 e. The second-order valence-corrected chi connectivity index (χ2v) is 5.96. The normalized spacial score (nSPS) is 18.7. The first-order valence-electron chi connectivity index (χ1n) is 7.69. The summed E-state index contributed by atoms with van der Waals surface area (Å²) in [6, 6.07) is 7.69. The number of benzene rings is 1. The minimum Gasteiger partial charge on any atom is -0.325 e. The van der Waals surface area contributed by atoms with Gasteiger partial charge in [0.15, 0.2) is 0 Å². The van der Waals surface area contributed by atoms with Gasteiger partial charge in [-0.1, -0.05) is 18.5 Å². The van der Waals surface area contributed by atoms with Crippen LogP contribution in [0, 0.1) is 0 Å². The average Bonchev–Trinajstić information content (AvgIpc) is 2.50. The molecule has 4 nitrogen and oxygen atoms in total. The molecule has 1 fully saturated rings. The van der Waals surface area contributed by atoms with Gasteiger partial charge in [-0.2, -0.15) is 0 Å². The van der Waals surface area contributed by atoms with E-state index in [1.54, 1.807) is 12.1 Å². The van der Waals surface area contributed by atoms with Crippen LogP contribution in [0.1, 0.15) is 26.2 Å². The highest BCUT2D eigenvalue weighted by Crippen LogP contribution is 2.14. The lowest BCUT2D eigenvalue weighted by molar-refractivity contribution is -0.118. The van der Waals surface area contributed by atoms with Crippen molar-refractivity contribution in [3.8, 4) is 0 Å². The Labute approximate surface area is 131 Å². The van der Waals surface area contributed by atoms with E-state index in [4.69, 9.17) is 11.6 Å². The molecule has 1 aromatic rings. The molecule has 0 aliphatic carbocycles. The van der Waals surface area contributed by atoms with Gasteiger partial charge in [0.05, 0.1) is 6.54 Å². The van der Waals surface area contributed by atoms with E-state index >= 15 is 0 Å². The molecule has 5 heteroatoms. The maximum atomic E-state index is 12.2. The molecule has 0 spiro atoms. The van der Waals surface area contributed by atoms with Crippen LogP contribution in [0.3, 0.4) is 0 Å². The van der Waals surface area contributed by atoms with Crippen LogP contribution in [0.25, 0.3) is 0 Å². The molecular formula is C16H24ClN3O. The fourth-order valence-electron chi connectivity index (χ4n) is 2.74. The predicted molar refractivity (Wildman–Crippen MR) is 87.8 cm³/mol. The van der Waals surface area contributed by atoms with Gasteiger partial charge in [-0.25, -0.2) is 0 Å². The number of nitrogens with one attached hydrogen (secondary N) is 2. The van der Waals surface area contributed by atoms with E-state index in [0.717, 1.165) is 31.7 Å². The van der Waals surface area contributed by atoms with Crippen molar-refractivity contribution in [2.45, 2.75) is 32.2 Å². The second kappa shape index (κ2) is 8.37.